The van der Waals surface area contributed by atoms with Crippen LogP contribution in [0.15, 0.2) is 42.5 Å². The van der Waals surface area contributed by atoms with Crippen molar-refractivity contribution in [3.05, 3.63) is 58.4 Å². The van der Waals surface area contributed by atoms with Gasteiger partial charge in [0.25, 0.3) is 11.6 Å². The van der Waals surface area contributed by atoms with Gasteiger partial charge in [-0.1, -0.05) is 12.1 Å². The number of carbonyl (C=O) groups is 2. The van der Waals surface area contributed by atoms with Gasteiger partial charge in [0.1, 0.15) is 11.4 Å². The van der Waals surface area contributed by atoms with Gasteiger partial charge in [-0.25, -0.2) is 9.18 Å². The van der Waals surface area contributed by atoms with E-state index < -0.39 is 35.8 Å². The van der Waals surface area contributed by atoms with Crippen LogP contribution in [0, 0.1) is 15.9 Å². The maximum Gasteiger partial charge on any atom is 0.344 e. The number of hydrogen-bond acceptors (Lipinski definition) is 7. The predicted molar refractivity (Wildman–Crippen MR) is 91.1 cm³/mol. The molecule has 0 aromatic heterocycles. The monoisotopic (exact) mass is 378 g/mol. The highest BCUT2D eigenvalue weighted by Crippen LogP contribution is 2.28. The number of anilines is 1. The summed E-state index contributed by atoms with van der Waals surface area (Å²) in [5, 5.41) is 13.3. The Hall–Kier alpha value is -3.69. The van der Waals surface area contributed by atoms with Crippen molar-refractivity contribution in [3.63, 3.8) is 0 Å². The number of hydrogen-bond donors (Lipinski definition) is 1. The molecule has 142 valence electrons. The number of methoxy groups -OCH3 is 1. The van der Waals surface area contributed by atoms with Crippen LogP contribution in [0.4, 0.5) is 15.8 Å². The molecule has 1 amide bonds. The van der Waals surface area contributed by atoms with E-state index in [0.29, 0.717) is 0 Å². The first-order chi connectivity index (χ1) is 12.9. The van der Waals surface area contributed by atoms with E-state index in [0.717, 1.165) is 12.1 Å². The van der Waals surface area contributed by atoms with Gasteiger partial charge in [-0.15, -0.1) is 0 Å². The Balaban J connectivity index is 1.86. The number of esters is 1. The van der Waals surface area contributed by atoms with Crippen LogP contribution in [0.1, 0.15) is 0 Å². The average Bonchev–Trinajstić information content (AvgIpc) is 2.65. The van der Waals surface area contributed by atoms with E-state index >= 15 is 0 Å². The molecule has 2 rings (SSSR count). The number of nitrogens with one attached hydrogen (secondary N) is 1. The fourth-order valence-electron chi connectivity index (χ4n) is 1.97. The number of halogens is 1. The normalized spacial score (nSPS) is 10.0. The molecule has 0 atom stereocenters. The summed E-state index contributed by atoms with van der Waals surface area (Å²) >= 11 is 0. The molecule has 0 spiro atoms. The molecule has 0 radical (unpaired) electrons. The molecule has 0 aliphatic heterocycles. The number of nitro groups is 1. The molecule has 27 heavy (non-hydrogen) atoms. The number of para-hydroxylation sites is 1. The largest absolute Gasteiger partial charge is 0.496 e. The zero-order valence-corrected chi connectivity index (χ0v) is 14.1. The van der Waals surface area contributed by atoms with Gasteiger partial charge in [-0.3, -0.25) is 14.9 Å². The highest BCUT2D eigenvalue weighted by Gasteiger charge is 2.18. The molecular weight excluding hydrogens is 363 g/mol. The maximum atomic E-state index is 13.3. The highest BCUT2D eigenvalue weighted by atomic mass is 19.1. The van der Waals surface area contributed by atoms with Crippen LogP contribution >= 0.6 is 0 Å². The van der Waals surface area contributed by atoms with E-state index in [-0.39, 0.29) is 22.9 Å². The van der Waals surface area contributed by atoms with Gasteiger partial charge < -0.3 is 19.5 Å². The standard InChI is InChI=1S/C17H15FN2O7/c1-25-11-6-7-13(14(8-11)20(23)24)19-16(21)9-27-17(22)10-26-15-5-3-2-4-12(15)18/h2-8H,9-10H2,1H3,(H,19,21). The topological polar surface area (TPSA) is 117 Å². The summed E-state index contributed by atoms with van der Waals surface area (Å²) < 4.78 is 27.9. The van der Waals surface area contributed by atoms with Crippen LogP contribution < -0.4 is 14.8 Å². The minimum Gasteiger partial charge on any atom is -0.496 e. The Bertz CT molecular complexity index is 857. The molecule has 0 saturated heterocycles. The Morgan fingerprint density at radius 3 is 2.59 bits per heavy atom. The summed E-state index contributed by atoms with van der Waals surface area (Å²) in [5.74, 6) is -2.22. The van der Waals surface area contributed by atoms with Crippen molar-refractivity contribution >= 4 is 23.3 Å². The molecule has 0 aliphatic carbocycles. The van der Waals surface area contributed by atoms with E-state index in [1.807, 2.05) is 0 Å². The van der Waals surface area contributed by atoms with Crippen LogP contribution in [0.25, 0.3) is 0 Å². The summed E-state index contributed by atoms with van der Waals surface area (Å²) in [4.78, 5) is 33.8. The Morgan fingerprint density at radius 2 is 1.93 bits per heavy atom. The lowest BCUT2D eigenvalue weighted by Crippen LogP contribution is -2.24. The number of nitro benzene ring substituents is 1. The Kier molecular flexibility index (Phi) is 6.64. The van der Waals surface area contributed by atoms with Crippen molar-refractivity contribution in [2.24, 2.45) is 0 Å². The van der Waals surface area contributed by atoms with Crippen molar-refractivity contribution in [3.8, 4) is 11.5 Å². The summed E-state index contributed by atoms with van der Waals surface area (Å²) in [7, 11) is 1.35. The van der Waals surface area contributed by atoms with Gasteiger partial charge in [-0.05, 0) is 24.3 Å². The molecule has 0 unspecified atom stereocenters. The predicted octanol–water partition coefficient (Wildman–Crippen LogP) is 2.30. The van der Waals surface area contributed by atoms with E-state index in [2.05, 4.69) is 10.1 Å². The van der Waals surface area contributed by atoms with Gasteiger partial charge >= 0.3 is 5.97 Å². The fraction of sp³-hybridized carbons (Fsp3) is 0.176. The zero-order valence-electron chi connectivity index (χ0n) is 14.1. The molecule has 0 aliphatic rings. The number of nitrogens with zero attached hydrogens (tertiary/aromatic N) is 1. The number of ether oxygens (including phenoxy) is 3. The zero-order chi connectivity index (χ0) is 19.8. The third-order valence-electron chi connectivity index (χ3n) is 3.22. The maximum absolute atomic E-state index is 13.3. The third-order valence-corrected chi connectivity index (χ3v) is 3.22. The second-order valence-corrected chi connectivity index (χ2v) is 5.07. The summed E-state index contributed by atoms with van der Waals surface area (Å²) in [6.07, 6.45) is 0. The fourth-order valence-corrected chi connectivity index (χ4v) is 1.97. The lowest BCUT2D eigenvalue weighted by Gasteiger charge is -2.09. The van der Waals surface area contributed by atoms with Crippen LogP contribution in [-0.4, -0.2) is 37.1 Å². The summed E-state index contributed by atoms with van der Waals surface area (Å²) in [5.41, 5.74) is -0.457. The van der Waals surface area contributed by atoms with Crippen molar-refractivity contribution in [1.29, 1.82) is 0 Å². The first-order valence-corrected chi connectivity index (χ1v) is 7.56. The van der Waals surface area contributed by atoms with Crippen molar-refractivity contribution < 1.29 is 33.1 Å². The molecule has 9 nitrogen and oxygen atoms in total. The molecule has 0 fully saturated rings. The minimum atomic E-state index is -0.905. The first-order valence-electron chi connectivity index (χ1n) is 7.56. The minimum absolute atomic E-state index is 0.0792. The van der Waals surface area contributed by atoms with Gasteiger partial charge in [0.05, 0.1) is 18.1 Å². The van der Waals surface area contributed by atoms with Gasteiger partial charge in [0, 0.05) is 0 Å². The van der Waals surface area contributed by atoms with Gasteiger partial charge in [0.15, 0.2) is 24.8 Å². The third kappa shape index (κ3) is 5.66. The van der Waals surface area contributed by atoms with Gasteiger partial charge in [-0.2, -0.15) is 0 Å². The molecule has 0 heterocycles. The van der Waals surface area contributed by atoms with Gasteiger partial charge in [0.2, 0.25) is 0 Å². The molecule has 2 aromatic carbocycles. The summed E-state index contributed by atoms with van der Waals surface area (Å²) in [6.45, 7) is -1.29. The van der Waals surface area contributed by atoms with Crippen LogP contribution in [0.3, 0.4) is 0 Å². The number of amides is 1. The molecule has 10 heteroatoms. The summed E-state index contributed by atoms with van der Waals surface area (Å²) in [6, 6.07) is 9.34. The lowest BCUT2D eigenvalue weighted by atomic mass is 10.2. The van der Waals surface area contributed by atoms with E-state index in [9.17, 15) is 24.1 Å². The second kappa shape index (κ2) is 9.13. The average molecular weight is 378 g/mol. The van der Waals surface area contributed by atoms with Crippen molar-refractivity contribution in [2.45, 2.75) is 0 Å². The quantitative estimate of drug-likeness (QED) is 0.425. The molecule has 0 saturated carbocycles. The van der Waals surface area contributed by atoms with Crippen LogP contribution in [0.2, 0.25) is 0 Å². The van der Waals surface area contributed by atoms with Crippen molar-refractivity contribution in [2.75, 3.05) is 25.6 Å². The Labute approximate surface area is 152 Å². The van der Waals surface area contributed by atoms with E-state index in [1.165, 1.54) is 37.4 Å². The first kappa shape index (κ1) is 19.6. The molecule has 0 bridgehead atoms. The lowest BCUT2D eigenvalue weighted by molar-refractivity contribution is -0.384. The van der Waals surface area contributed by atoms with Crippen molar-refractivity contribution in [1.82, 2.24) is 0 Å². The Morgan fingerprint density at radius 1 is 1.19 bits per heavy atom. The SMILES string of the molecule is COc1ccc(NC(=O)COC(=O)COc2ccccc2F)c([N+](=O)[O-])c1. The number of carbonyl (C=O) groups excluding carboxylic acids is 2. The van der Waals surface area contributed by atoms with Crippen LogP contribution in [0.5, 0.6) is 11.5 Å². The number of rotatable bonds is 8. The highest BCUT2D eigenvalue weighted by molar-refractivity contribution is 5.95. The van der Waals surface area contributed by atoms with E-state index in [1.54, 1.807) is 0 Å². The molecular formula is C17H15FN2O7. The van der Waals surface area contributed by atoms with Crippen LogP contribution in [-0.2, 0) is 14.3 Å². The molecule has 2 aromatic rings. The molecule has 1 N–H and O–H groups in total. The second-order valence-electron chi connectivity index (χ2n) is 5.07. The van der Waals surface area contributed by atoms with E-state index in [4.69, 9.17) is 9.47 Å². The number of benzene rings is 2. The smallest absolute Gasteiger partial charge is 0.344 e.